The second kappa shape index (κ2) is 8.77. The molecule has 3 rings (SSSR count). The number of amides is 1. The molecule has 0 aliphatic rings. The summed E-state index contributed by atoms with van der Waals surface area (Å²) in [5.41, 5.74) is 2.30. The predicted octanol–water partition coefficient (Wildman–Crippen LogP) is 3.70. The van der Waals surface area contributed by atoms with Crippen molar-refractivity contribution < 1.29 is 4.79 Å². The third kappa shape index (κ3) is 4.71. The van der Waals surface area contributed by atoms with Gasteiger partial charge in [0.1, 0.15) is 5.69 Å². The van der Waals surface area contributed by atoms with Crippen molar-refractivity contribution in [3.8, 4) is 0 Å². The molecule has 6 heteroatoms. The van der Waals surface area contributed by atoms with E-state index >= 15 is 0 Å². The maximum absolute atomic E-state index is 12.7. The summed E-state index contributed by atoms with van der Waals surface area (Å²) in [5.74, 6) is -0.306. The summed E-state index contributed by atoms with van der Waals surface area (Å²) in [6, 6.07) is 14.9. The largest absolute Gasteiger partial charge is 0.339 e. The van der Waals surface area contributed by atoms with E-state index in [9.17, 15) is 9.59 Å². The molecule has 1 aromatic carbocycles. The summed E-state index contributed by atoms with van der Waals surface area (Å²) in [6.07, 6.45) is 3.40. The Morgan fingerprint density at radius 1 is 1.19 bits per heavy atom. The molecule has 1 unspecified atom stereocenters. The molecule has 27 heavy (non-hydrogen) atoms. The SMILES string of the molecule is CCCCc1ccc(C(NC(=O)c2ccc(=O)n(C)n2)c2cccs2)cc1. The van der Waals surface area contributed by atoms with Crippen molar-refractivity contribution in [3.05, 3.63) is 86.0 Å². The second-order valence-electron chi connectivity index (χ2n) is 6.45. The fourth-order valence-corrected chi connectivity index (χ4v) is 3.66. The fraction of sp³-hybridized carbons (Fsp3) is 0.286. The average Bonchev–Trinajstić information content (AvgIpc) is 3.21. The van der Waals surface area contributed by atoms with Gasteiger partial charge in [-0.05, 0) is 41.5 Å². The molecule has 0 saturated carbocycles. The van der Waals surface area contributed by atoms with E-state index in [0.29, 0.717) is 0 Å². The van der Waals surface area contributed by atoms with Gasteiger partial charge in [0.05, 0.1) is 6.04 Å². The lowest BCUT2D eigenvalue weighted by Gasteiger charge is -2.18. The zero-order valence-electron chi connectivity index (χ0n) is 15.5. The van der Waals surface area contributed by atoms with Crippen LogP contribution >= 0.6 is 11.3 Å². The number of rotatable bonds is 7. The van der Waals surface area contributed by atoms with Crippen LogP contribution in [0.3, 0.4) is 0 Å². The van der Waals surface area contributed by atoms with Crippen LogP contribution in [0, 0.1) is 0 Å². The standard InChI is InChI=1S/C21H23N3O2S/c1-3-4-6-15-8-10-16(11-9-15)20(18-7-5-14-27-18)22-21(26)17-12-13-19(25)24(2)23-17/h5,7-14,20H,3-4,6H2,1-2H3,(H,22,26). The Labute approximate surface area is 162 Å². The lowest BCUT2D eigenvalue weighted by atomic mass is 10.0. The maximum Gasteiger partial charge on any atom is 0.272 e. The van der Waals surface area contributed by atoms with Crippen molar-refractivity contribution in [3.63, 3.8) is 0 Å². The molecular formula is C21H23N3O2S. The van der Waals surface area contributed by atoms with Crippen LogP contribution in [0.5, 0.6) is 0 Å². The summed E-state index contributed by atoms with van der Waals surface area (Å²) in [7, 11) is 1.53. The molecule has 140 valence electrons. The average molecular weight is 382 g/mol. The first kappa shape index (κ1) is 19.0. The minimum atomic E-state index is -0.306. The minimum absolute atomic E-state index is 0.221. The van der Waals surface area contributed by atoms with E-state index in [-0.39, 0.29) is 23.2 Å². The van der Waals surface area contributed by atoms with Gasteiger partial charge >= 0.3 is 0 Å². The van der Waals surface area contributed by atoms with Gasteiger partial charge in [-0.3, -0.25) is 9.59 Å². The molecule has 0 radical (unpaired) electrons. The molecule has 0 saturated heterocycles. The molecule has 1 amide bonds. The third-order valence-corrected chi connectivity index (χ3v) is 5.37. The molecule has 2 heterocycles. The monoisotopic (exact) mass is 381 g/mol. The number of nitrogens with zero attached hydrogens (tertiary/aromatic N) is 2. The van der Waals surface area contributed by atoms with Gasteiger partial charge in [-0.25, -0.2) is 4.68 Å². The molecular weight excluding hydrogens is 358 g/mol. The van der Waals surface area contributed by atoms with Crippen molar-refractivity contribution >= 4 is 17.2 Å². The molecule has 5 nitrogen and oxygen atoms in total. The second-order valence-corrected chi connectivity index (χ2v) is 7.43. The van der Waals surface area contributed by atoms with Gasteiger partial charge in [0.2, 0.25) is 0 Å². The molecule has 0 bridgehead atoms. The van der Waals surface area contributed by atoms with E-state index in [1.165, 1.54) is 37.6 Å². The Bertz CT molecular complexity index is 946. The summed E-state index contributed by atoms with van der Waals surface area (Å²) in [5, 5.41) is 9.09. The van der Waals surface area contributed by atoms with Crippen LogP contribution in [-0.2, 0) is 13.5 Å². The molecule has 1 N–H and O–H groups in total. The van der Waals surface area contributed by atoms with Crippen LogP contribution in [0.25, 0.3) is 0 Å². The summed E-state index contributed by atoms with van der Waals surface area (Å²) in [4.78, 5) is 25.3. The van der Waals surface area contributed by atoms with E-state index in [1.807, 2.05) is 17.5 Å². The molecule has 0 spiro atoms. The first-order chi connectivity index (χ1) is 13.1. The van der Waals surface area contributed by atoms with Crippen LogP contribution in [0.4, 0.5) is 0 Å². The van der Waals surface area contributed by atoms with Crippen molar-refractivity contribution in [1.82, 2.24) is 15.1 Å². The number of hydrogen-bond acceptors (Lipinski definition) is 4. The van der Waals surface area contributed by atoms with Gasteiger partial charge in [-0.2, -0.15) is 5.10 Å². The number of aromatic nitrogens is 2. The van der Waals surface area contributed by atoms with Gasteiger partial charge < -0.3 is 5.32 Å². The number of carbonyl (C=O) groups excluding carboxylic acids is 1. The highest BCUT2D eigenvalue weighted by Gasteiger charge is 2.20. The van der Waals surface area contributed by atoms with Crippen molar-refractivity contribution in [1.29, 1.82) is 0 Å². The van der Waals surface area contributed by atoms with E-state index in [4.69, 9.17) is 0 Å². The van der Waals surface area contributed by atoms with Gasteiger partial charge in [-0.1, -0.05) is 43.7 Å². The lowest BCUT2D eigenvalue weighted by molar-refractivity contribution is 0.0936. The summed E-state index contributed by atoms with van der Waals surface area (Å²) in [6.45, 7) is 2.18. The lowest BCUT2D eigenvalue weighted by Crippen LogP contribution is -2.31. The number of aryl methyl sites for hydroxylation is 2. The van der Waals surface area contributed by atoms with Crippen LogP contribution in [-0.4, -0.2) is 15.7 Å². The van der Waals surface area contributed by atoms with Crippen LogP contribution in [0.2, 0.25) is 0 Å². The molecule has 0 aliphatic carbocycles. The van der Waals surface area contributed by atoms with Crippen molar-refractivity contribution in [2.75, 3.05) is 0 Å². The first-order valence-corrected chi connectivity index (χ1v) is 9.94. The topological polar surface area (TPSA) is 64.0 Å². The summed E-state index contributed by atoms with van der Waals surface area (Å²) >= 11 is 1.60. The Hall–Kier alpha value is -2.73. The zero-order valence-corrected chi connectivity index (χ0v) is 16.3. The first-order valence-electron chi connectivity index (χ1n) is 9.06. The van der Waals surface area contributed by atoms with Gasteiger partial charge in [0.15, 0.2) is 0 Å². The Morgan fingerprint density at radius 3 is 2.59 bits per heavy atom. The molecule has 1 atom stereocenters. The Kier molecular flexibility index (Phi) is 6.19. The summed E-state index contributed by atoms with van der Waals surface area (Å²) < 4.78 is 1.16. The van der Waals surface area contributed by atoms with E-state index < -0.39 is 0 Å². The van der Waals surface area contributed by atoms with Crippen molar-refractivity contribution in [2.24, 2.45) is 7.05 Å². The van der Waals surface area contributed by atoms with E-state index in [2.05, 4.69) is 41.6 Å². The fourth-order valence-electron chi connectivity index (χ4n) is 2.86. The van der Waals surface area contributed by atoms with Gasteiger partial charge in [-0.15, -0.1) is 11.3 Å². The van der Waals surface area contributed by atoms with Crippen LogP contribution in [0.1, 0.15) is 52.3 Å². The van der Waals surface area contributed by atoms with Crippen LogP contribution in [0.15, 0.2) is 58.7 Å². The number of benzene rings is 1. The number of hydrogen-bond donors (Lipinski definition) is 1. The van der Waals surface area contributed by atoms with Gasteiger partial charge in [0, 0.05) is 18.0 Å². The number of unbranched alkanes of at least 4 members (excludes halogenated alkanes) is 1. The molecule has 2 aromatic heterocycles. The Morgan fingerprint density at radius 2 is 1.96 bits per heavy atom. The zero-order chi connectivity index (χ0) is 19.2. The Balaban J connectivity index is 1.85. The van der Waals surface area contributed by atoms with Crippen LogP contribution < -0.4 is 10.9 Å². The highest BCUT2D eigenvalue weighted by Crippen LogP contribution is 2.27. The third-order valence-electron chi connectivity index (χ3n) is 4.43. The quantitative estimate of drug-likeness (QED) is 0.679. The number of thiophene rings is 1. The smallest absolute Gasteiger partial charge is 0.272 e. The number of carbonyl (C=O) groups is 1. The molecule has 3 aromatic rings. The molecule has 0 aliphatic heterocycles. The maximum atomic E-state index is 12.7. The van der Waals surface area contributed by atoms with E-state index in [1.54, 1.807) is 11.3 Å². The normalized spacial score (nSPS) is 11.9. The highest BCUT2D eigenvalue weighted by molar-refractivity contribution is 7.10. The minimum Gasteiger partial charge on any atom is -0.339 e. The highest BCUT2D eigenvalue weighted by atomic mass is 32.1. The van der Waals surface area contributed by atoms with Gasteiger partial charge in [0.25, 0.3) is 11.5 Å². The molecule has 0 fully saturated rings. The predicted molar refractivity (Wildman–Crippen MR) is 108 cm³/mol. The van der Waals surface area contributed by atoms with Crippen molar-refractivity contribution in [2.45, 2.75) is 32.2 Å². The van der Waals surface area contributed by atoms with E-state index in [0.717, 1.165) is 21.5 Å². The number of nitrogens with one attached hydrogen (secondary N) is 1.